The van der Waals surface area contributed by atoms with Gasteiger partial charge in [0.15, 0.2) is 0 Å². The fourth-order valence-electron chi connectivity index (χ4n) is 3.81. The van der Waals surface area contributed by atoms with Gasteiger partial charge in [0.1, 0.15) is 0 Å². The van der Waals surface area contributed by atoms with Crippen LogP contribution >= 0.6 is 0 Å². The second-order valence-corrected chi connectivity index (χ2v) is 6.51. The van der Waals surface area contributed by atoms with Gasteiger partial charge in [0.25, 0.3) is 0 Å². The summed E-state index contributed by atoms with van der Waals surface area (Å²) < 4.78 is 0. The van der Waals surface area contributed by atoms with Crippen molar-refractivity contribution in [3.8, 4) is 0 Å². The number of aromatic nitrogens is 1. The molecule has 1 saturated carbocycles. The molecule has 20 heavy (non-hydrogen) atoms. The molecule has 2 heterocycles. The van der Waals surface area contributed by atoms with Gasteiger partial charge in [-0.2, -0.15) is 0 Å². The molecular formula is C17H27N3. The third-order valence-electron chi connectivity index (χ3n) is 4.93. The summed E-state index contributed by atoms with van der Waals surface area (Å²) in [7, 11) is 0. The summed E-state index contributed by atoms with van der Waals surface area (Å²) in [6.45, 7) is 4.86. The van der Waals surface area contributed by atoms with Crippen molar-refractivity contribution < 1.29 is 0 Å². The molecule has 0 amide bonds. The average Bonchev–Trinajstić information content (AvgIpc) is 2.70. The maximum Gasteiger partial charge on any atom is 0.0308 e. The standard InChI is InChI=1S/C17H27N3/c1-2-8-17(9-3-1)15-20(12-5-11-19-17)13-7-16-6-4-10-18-14-16/h4,6,10,14,19H,1-3,5,7-9,11-13,15H2. The molecule has 110 valence electrons. The van der Waals surface area contributed by atoms with Gasteiger partial charge < -0.3 is 10.2 Å². The largest absolute Gasteiger partial charge is 0.310 e. The zero-order valence-corrected chi connectivity index (χ0v) is 12.5. The number of nitrogens with zero attached hydrogens (tertiary/aromatic N) is 2. The van der Waals surface area contributed by atoms with E-state index in [-0.39, 0.29) is 0 Å². The lowest BCUT2D eigenvalue weighted by Crippen LogP contribution is -2.52. The van der Waals surface area contributed by atoms with Crippen molar-refractivity contribution in [2.24, 2.45) is 0 Å². The Morgan fingerprint density at radius 2 is 2.10 bits per heavy atom. The summed E-state index contributed by atoms with van der Waals surface area (Å²) >= 11 is 0. The molecule has 1 aromatic heterocycles. The van der Waals surface area contributed by atoms with E-state index in [9.17, 15) is 0 Å². The lowest BCUT2D eigenvalue weighted by atomic mass is 9.81. The lowest BCUT2D eigenvalue weighted by Gasteiger charge is -2.40. The van der Waals surface area contributed by atoms with Crippen molar-refractivity contribution >= 4 is 0 Å². The van der Waals surface area contributed by atoms with Gasteiger partial charge in [-0.3, -0.25) is 4.98 Å². The highest BCUT2D eigenvalue weighted by atomic mass is 15.2. The first-order chi connectivity index (χ1) is 9.86. The minimum atomic E-state index is 0.420. The molecule has 3 nitrogen and oxygen atoms in total. The Bertz CT molecular complexity index is 398. The highest BCUT2D eigenvalue weighted by molar-refractivity contribution is 5.09. The summed E-state index contributed by atoms with van der Waals surface area (Å²) in [5, 5.41) is 3.87. The van der Waals surface area contributed by atoms with E-state index in [1.54, 1.807) is 0 Å². The summed E-state index contributed by atoms with van der Waals surface area (Å²) in [4.78, 5) is 6.90. The third kappa shape index (κ3) is 3.58. The minimum Gasteiger partial charge on any atom is -0.310 e. The van der Waals surface area contributed by atoms with E-state index in [4.69, 9.17) is 0 Å². The normalized spacial score (nSPS) is 23.6. The molecule has 1 saturated heterocycles. The second-order valence-electron chi connectivity index (χ2n) is 6.51. The monoisotopic (exact) mass is 273 g/mol. The molecule has 0 atom stereocenters. The molecule has 0 aromatic carbocycles. The molecule has 1 aliphatic carbocycles. The van der Waals surface area contributed by atoms with E-state index >= 15 is 0 Å². The van der Waals surface area contributed by atoms with Gasteiger partial charge in [-0.05, 0) is 50.4 Å². The van der Waals surface area contributed by atoms with Gasteiger partial charge in [0.05, 0.1) is 0 Å². The maximum atomic E-state index is 4.22. The van der Waals surface area contributed by atoms with Crippen LogP contribution in [-0.4, -0.2) is 41.6 Å². The molecule has 3 heteroatoms. The molecule has 1 aliphatic heterocycles. The Morgan fingerprint density at radius 3 is 2.90 bits per heavy atom. The van der Waals surface area contributed by atoms with Crippen LogP contribution in [0.2, 0.25) is 0 Å². The van der Waals surface area contributed by atoms with Crippen LogP contribution in [0.15, 0.2) is 24.5 Å². The average molecular weight is 273 g/mol. The minimum absolute atomic E-state index is 0.420. The molecule has 1 spiro atoms. The lowest BCUT2D eigenvalue weighted by molar-refractivity contribution is 0.165. The number of pyridine rings is 1. The van der Waals surface area contributed by atoms with Gasteiger partial charge >= 0.3 is 0 Å². The Morgan fingerprint density at radius 1 is 1.20 bits per heavy atom. The van der Waals surface area contributed by atoms with Crippen molar-refractivity contribution in [1.29, 1.82) is 0 Å². The van der Waals surface area contributed by atoms with Crippen molar-refractivity contribution in [1.82, 2.24) is 15.2 Å². The summed E-state index contributed by atoms with van der Waals surface area (Å²) in [6.07, 6.45) is 13.3. The van der Waals surface area contributed by atoms with Crippen LogP contribution in [0, 0.1) is 0 Å². The fourth-order valence-corrected chi connectivity index (χ4v) is 3.81. The topological polar surface area (TPSA) is 28.2 Å². The Labute approximate surface area is 122 Å². The van der Waals surface area contributed by atoms with Crippen LogP contribution in [0.4, 0.5) is 0 Å². The molecule has 0 radical (unpaired) electrons. The zero-order valence-electron chi connectivity index (χ0n) is 12.5. The van der Waals surface area contributed by atoms with E-state index in [0.29, 0.717) is 5.54 Å². The maximum absolute atomic E-state index is 4.22. The highest BCUT2D eigenvalue weighted by Gasteiger charge is 2.34. The second kappa shape index (κ2) is 6.68. The predicted octanol–water partition coefficient (Wildman–Crippen LogP) is 2.62. The van der Waals surface area contributed by atoms with Gasteiger partial charge in [0.2, 0.25) is 0 Å². The van der Waals surface area contributed by atoms with Crippen LogP contribution in [0.1, 0.15) is 44.1 Å². The van der Waals surface area contributed by atoms with Crippen LogP contribution < -0.4 is 5.32 Å². The van der Waals surface area contributed by atoms with Gasteiger partial charge in [-0.25, -0.2) is 0 Å². The van der Waals surface area contributed by atoms with Crippen LogP contribution in [0.5, 0.6) is 0 Å². The van der Waals surface area contributed by atoms with E-state index < -0.39 is 0 Å². The molecule has 1 N–H and O–H groups in total. The quantitative estimate of drug-likeness (QED) is 0.917. The van der Waals surface area contributed by atoms with Crippen LogP contribution in [0.25, 0.3) is 0 Å². The Balaban J connectivity index is 1.58. The van der Waals surface area contributed by atoms with Gasteiger partial charge in [0, 0.05) is 31.0 Å². The smallest absolute Gasteiger partial charge is 0.0308 e. The zero-order chi connectivity index (χ0) is 13.7. The van der Waals surface area contributed by atoms with E-state index in [0.717, 1.165) is 6.42 Å². The molecule has 0 unspecified atom stereocenters. The van der Waals surface area contributed by atoms with E-state index in [1.807, 2.05) is 18.5 Å². The summed E-state index contributed by atoms with van der Waals surface area (Å²) in [5.41, 5.74) is 1.78. The van der Waals surface area contributed by atoms with Crippen LogP contribution in [-0.2, 0) is 6.42 Å². The number of hydrogen-bond acceptors (Lipinski definition) is 3. The van der Waals surface area contributed by atoms with Crippen molar-refractivity contribution in [3.63, 3.8) is 0 Å². The summed E-state index contributed by atoms with van der Waals surface area (Å²) in [6, 6.07) is 4.24. The molecule has 1 aromatic rings. The SMILES string of the molecule is c1cncc(CCN2CCCNC3(CCCCC3)C2)c1. The number of hydrogen-bond donors (Lipinski definition) is 1. The first-order valence-corrected chi connectivity index (χ1v) is 8.23. The number of rotatable bonds is 3. The fraction of sp³-hybridized carbons (Fsp3) is 0.706. The highest BCUT2D eigenvalue weighted by Crippen LogP contribution is 2.30. The summed E-state index contributed by atoms with van der Waals surface area (Å²) in [5.74, 6) is 0. The predicted molar refractivity (Wildman–Crippen MR) is 82.8 cm³/mol. The first-order valence-electron chi connectivity index (χ1n) is 8.23. The van der Waals surface area contributed by atoms with E-state index in [1.165, 1.54) is 70.3 Å². The molecular weight excluding hydrogens is 246 g/mol. The van der Waals surface area contributed by atoms with Crippen LogP contribution in [0.3, 0.4) is 0 Å². The Hall–Kier alpha value is -0.930. The number of nitrogens with one attached hydrogen (secondary N) is 1. The molecule has 2 fully saturated rings. The Kier molecular flexibility index (Phi) is 4.69. The van der Waals surface area contributed by atoms with Crippen molar-refractivity contribution in [3.05, 3.63) is 30.1 Å². The molecule has 0 bridgehead atoms. The first kappa shape index (κ1) is 14.0. The molecule has 3 rings (SSSR count). The molecule has 2 aliphatic rings. The third-order valence-corrected chi connectivity index (χ3v) is 4.93. The van der Waals surface area contributed by atoms with Gasteiger partial charge in [-0.15, -0.1) is 0 Å². The van der Waals surface area contributed by atoms with Crippen molar-refractivity contribution in [2.75, 3.05) is 26.2 Å². The van der Waals surface area contributed by atoms with E-state index in [2.05, 4.69) is 21.3 Å². The van der Waals surface area contributed by atoms with Gasteiger partial charge in [-0.1, -0.05) is 25.3 Å². The van der Waals surface area contributed by atoms with Crippen molar-refractivity contribution in [2.45, 2.75) is 50.5 Å².